The van der Waals surface area contributed by atoms with E-state index < -0.39 is 35.6 Å². The Kier molecular flexibility index (Phi) is 7.26. The smallest absolute Gasteiger partial charge is 0.269 e. The number of rotatable bonds is 8. The first-order valence-electron chi connectivity index (χ1n) is 12.7. The molecule has 0 spiro atoms. The van der Waals surface area contributed by atoms with Crippen molar-refractivity contribution in [2.45, 2.75) is 56.8 Å². The third-order valence-corrected chi connectivity index (χ3v) is 7.94. The van der Waals surface area contributed by atoms with Gasteiger partial charge in [-0.15, -0.1) is 0 Å². The second-order valence-electron chi connectivity index (χ2n) is 10.1. The highest BCUT2D eigenvalue weighted by Crippen LogP contribution is 2.40. The molecule has 2 heterocycles. The molecule has 2 unspecified atom stereocenters. The van der Waals surface area contributed by atoms with Crippen LogP contribution in [0, 0.1) is 11.7 Å². The second-order valence-corrected chi connectivity index (χ2v) is 10.6. The first-order chi connectivity index (χ1) is 18.6. The predicted molar refractivity (Wildman–Crippen MR) is 141 cm³/mol. The highest BCUT2D eigenvalue weighted by Gasteiger charge is 2.45. The van der Waals surface area contributed by atoms with Gasteiger partial charge in [0.05, 0.1) is 23.0 Å². The average Bonchev–Trinajstić information content (AvgIpc) is 3.45. The number of aromatic nitrogens is 2. The van der Waals surface area contributed by atoms with Crippen molar-refractivity contribution < 1.29 is 23.6 Å². The Morgan fingerprint density at radius 2 is 1.85 bits per heavy atom. The molecule has 0 radical (unpaired) electrons. The van der Waals surface area contributed by atoms with Crippen LogP contribution in [0.5, 0.6) is 0 Å². The van der Waals surface area contributed by atoms with E-state index in [2.05, 4.69) is 10.4 Å². The number of halogens is 2. The summed E-state index contributed by atoms with van der Waals surface area (Å²) >= 11 is 5.94. The lowest BCUT2D eigenvalue weighted by molar-refractivity contribution is -0.146. The lowest BCUT2D eigenvalue weighted by atomic mass is 9.91. The van der Waals surface area contributed by atoms with Crippen LogP contribution in [0.1, 0.15) is 54.2 Å². The normalized spacial score (nSPS) is 21.1. The van der Waals surface area contributed by atoms with Crippen molar-refractivity contribution in [3.63, 3.8) is 0 Å². The minimum absolute atomic E-state index is 0.0355. The van der Waals surface area contributed by atoms with Gasteiger partial charge in [-0.05, 0) is 43.7 Å². The fourth-order valence-corrected chi connectivity index (χ4v) is 6.13. The van der Waals surface area contributed by atoms with E-state index >= 15 is 0 Å². The van der Waals surface area contributed by atoms with Gasteiger partial charge in [0.2, 0.25) is 17.7 Å². The van der Waals surface area contributed by atoms with Crippen LogP contribution in [0.4, 0.5) is 4.39 Å². The molecule has 1 aliphatic carbocycles. The lowest BCUT2D eigenvalue weighted by Gasteiger charge is -2.40. The number of para-hydroxylation sites is 1. The molecule has 2 aliphatic rings. The van der Waals surface area contributed by atoms with E-state index in [1.165, 1.54) is 22.9 Å². The quantitative estimate of drug-likeness (QED) is 0.390. The van der Waals surface area contributed by atoms with Gasteiger partial charge in [0.1, 0.15) is 18.4 Å². The topological polar surface area (TPSA) is 153 Å². The molecular formula is C27H28ClFN6O4. The summed E-state index contributed by atoms with van der Waals surface area (Å²) in [6, 6.07) is 9.23. The van der Waals surface area contributed by atoms with Crippen molar-refractivity contribution in [1.29, 1.82) is 0 Å². The number of primary amides is 2. The molecular weight excluding hydrogens is 527 g/mol. The fraction of sp³-hybridized carbons (Fsp3) is 0.370. The monoisotopic (exact) mass is 554 g/mol. The van der Waals surface area contributed by atoms with Gasteiger partial charge >= 0.3 is 0 Å². The molecule has 39 heavy (non-hydrogen) atoms. The summed E-state index contributed by atoms with van der Waals surface area (Å²) in [6.45, 7) is -0.202. The molecule has 1 aromatic heterocycles. The molecule has 3 aromatic rings. The Hall–Kier alpha value is -3.99. The Morgan fingerprint density at radius 3 is 2.59 bits per heavy atom. The number of piperidine rings is 1. The van der Waals surface area contributed by atoms with Crippen molar-refractivity contribution in [3.05, 3.63) is 64.6 Å². The molecule has 2 aromatic carbocycles. The molecule has 204 valence electrons. The van der Waals surface area contributed by atoms with Crippen molar-refractivity contribution in [1.82, 2.24) is 20.0 Å². The lowest BCUT2D eigenvalue weighted by Crippen LogP contribution is -2.57. The van der Waals surface area contributed by atoms with Crippen LogP contribution in [0.25, 0.3) is 10.9 Å². The van der Waals surface area contributed by atoms with Gasteiger partial charge in [0.25, 0.3) is 5.91 Å². The Morgan fingerprint density at radius 1 is 1.08 bits per heavy atom. The molecule has 4 atom stereocenters. The second kappa shape index (κ2) is 10.6. The zero-order valence-electron chi connectivity index (χ0n) is 21.0. The molecule has 1 saturated carbocycles. The Balaban J connectivity index is 1.43. The van der Waals surface area contributed by atoms with Gasteiger partial charge in [0, 0.05) is 17.0 Å². The van der Waals surface area contributed by atoms with Crippen LogP contribution in [-0.2, 0) is 20.9 Å². The van der Waals surface area contributed by atoms with Gasteiger partial charge in [-0.3, -0.25) is 23.9 Å². The maximum absolute atomic E-state index is 14.8. The number of nitrogens with one attached hydrogen (secondary N) is 1. The molecule has 12 heteroatoms. The molecule has 2 fully saturated rings. The summed E-state index contributed by atoms with van der Waals surface area (Å²) in [4.78, 5) is 52.7. The highest BCUT2D eigenvalue weighted by molar-refractivity contribution is 6.30. The first kappa shape index (κ1) is 26.6. The van der Waals surface area contributed by atoms with E-state index in [1.54, 1.807) is 29.2 Å². The zero-order chi connectivity index (χ0) is 27.8. The highest BCUT2D eigenvalue weighted by atomic mass is 35.5. The molecule has 2 bridgehead atoms. The summed E-state index contributed by atoms with van der Waals surface area (Å²) in [5.74, 6) is -2.77. The van der Waals surface area contributed by atoms with Gasteiger partial charge < -0.3 is 21.7 Å². The van der Waals surface area contributed by atoms with Gasteiger partial charge in [0.15, 0.2) is 5.69 Å². The minimum Gasteiger partial charge on any atom is -0.370 e. The van der Waals surface area contributed by atoms with E-state index in [4.69, 9.17) is 23.1 Å². The van der Waals surface area contributed by atoms with E-state index in [-0.39, 0.29) is 47.1 Å². The van der Waals surface area contributed by atoms with Crippen molar-refractivity contribution in [2.75, 3.05) is 0 Å². The Labute approximate surface area is 228 Å². The number of benzene rings is 2. The van der Waals surface area contributed by atoms with Crippen molar-refractivity contribution in [2.24, 2.45) is 17.4 Å². The van der Waals surface area contributed by atoms with Gasteiger partial charge in [-0.2, -0.15) is 5.10 Å². The number of hydrogen-bond acceptors (Lipinski definition) is 5. The molecule has 5 rings (SSSR count). The van der Waals surface area contributed by atoms with Crippen LogP contribution in [0.3, 0.4) is 0 Å². The summed E-state index contributed by atoms with van der Waals surface area (Å²) in [7, 11) is 0. The first-order valence-corrected chi connectivity index (χ1v) is 13.1. The summed E-state index contributed by atoms with van der Waals surface area (Å²) < 4.78 is 16.2. The third-order valence-electron chi connectivity index (χ3n) is 7.65. The maximum atomic E-state index is 14.8. The van der Waals surface area contributed by atoms with E-state index in [1.807, 2.05) is 0 Å². The number of amides is 4. The summed E-state index contributed by atoms with van der Waals surface area (Å²) in [5.41, 5.74) is 11.6. The van der Waals surface area contributed by atoms with Crippen LogP contribution < -0.4 is 16.8 Å². The van der Waals surface area contributed by atoms with Crippen LogP contribution in [0.2, 0.25) is 5.02 Å². The number of fused-ring (bicyclic) bond motifs is 3. The van der Waals surface area contributed by atoms with Gasteiger partial charge in [-0.1, -0.05) is 41.9 Å². The molecule has 1 saturated heterocycles. The number of nitrogens with zero attached hydrogens (tertiary/aromatic N) is 3. The van der Waals surface area contributed by atoms with Gasteiger partial charge in [-0.25, -0.2) is 4.39 Å². The number of likely N-dealkylation sites (tertiary alicyclic amines) is 1. The largest absolute Gasteiger partial charge is 0.370 e. The minimum atomic E-state index is -1.06. The molecule has 4 amide bonds. The van der Waals surface area contributed by atoms with E-state index in [0.717, 1.165) is 19.3 Å². The molecule has 1 aliphatic heterocycles. The van der Waals surface area contributed by atoms with Crippen LogP contribution in [-0.4, -0.2) is 50.4 Å². The summed E-state index contributed by atoms with van der Waals surface area (Å²) in [5, 5.41) is 7.42. The van der Waals surface area contributed by atoms with Crippen molar-refractivity contribution >= 4 is 46.1 Å². The SMILES string of the molecule is NC(=O)CC(NC(=O)[C@@H]1CC2CC[C@@H](C2)N1C(=O)Cn1nc(C(N)=O)c2ccccc21)c1cccc(Cl)c1F. The number of carbonyl (C=O) groups is 4. The average molecular weight is 555 g/mol. The number of hydrogen-bond donors (Lipinski definition) is 3. The maximum Gasteiger partial charge on any atom is 0.269 e. The molecule has 10 nitrogen and oxygen atoms in total. The summed E-state index contributed by atoms with van der Waals surface area (Å²) in [6.07, 6.45) is 2.49. The zero-order valence-corrected chi connectivity index (χ0v) is 21.7. The van der Waals surface area contributed by atoms with Crippen LogP contribution in [0.15, 0.2) is 42.5 Å². The van der Waals surface area contributed by atoms with E-state index in [9.17, 15) is 23.6 Å². The Bertz CT molecular complexity index is 1480. The van der Waals surface area contributed by atoms with E-state index in [0.29, 0.717) is 17.3 Å². The third kappa shape index (κ3) is 5.18. The number of nitrogens with two attached hydrogens (primary N) is 2. The number of carbonyl (C=O) groups excluding carboxylic acids is 4. The molecule has 5 N–H and O–H groups in total. The standard InChI is InChI=1S/C27H28ClFN6O4/c28-18-6-3-5-16(24(18)29)19(12-22(30)36)32-27(39)21-11-14-8-9-15(10-14)35(21)23(37)13-34-20-7-2-1-4-17(20)25(33-34)26(31)38/h1-7,14-15,19,21H,8-13H2,(H2,30,36)(H2,31,38)(H,32,39)/t14?,15-,19?,21-/m0/s1. The predicted octanol–water partition coefficient (Wildman–Crippen LogP) is 2.43. The van der Waals surface area contributed by atoms with Crippen molar-refractivity contribution in [3.8, 4) is 0 Å². The fourth-order valence-electron chi connectivity index (χ4n) is 5.95. The van der Waals surface area contributed by atoms with Crippen LogP contribution >= 0.6 is 11.6 Å².